The van der Waals surface area contributed by atoms with Crippen molar-refractivity contribution in [2.45, 2.75) is 37.1 Å². The van der Waals surface area contributed by atoms with Crippen LogP contribution in [0.2, 0.25) is 0 Å². The van der Waals surface area contributed by atoms with Gasteiger partial charge in [0.25, 0.3) is 0 Å². The highest BCUT2D eigenvalue weighted by Crippen LogP contribution is 2.43. The second-order valence-electron chi connectivity index (χ2n) is 5.33. The second kappa shape index (κ2) is 5.24. The summed E-state index contributed by atoms with van der Waals surface area (Å²) < 4.78 is 22.0. The number of terminal acetylenes is 1. The molecule has 0 spiro atoms. The lowest BCUT2D eigenvalue weighted by Gasteiger charge is -2.23. The van der Waals surface area contributed by atoms with E-state index < -0.39 is 30.2 Å². The Morgan fingerprint density at radius 1 is 1.70 bits per heavy atom. The molecule has 1 aliphatic heterocycles. The number of aliphatic hydroxyl groups is 2. The van der Waals surface area contributed by atoms with E-state index in [4.69, 9.17) is 29.1 Å². The summed E-state index contributed by atoms with van der Waals surface area (Å²) >= 11 is 5.05. The van der Waals surface area contributed by atoms with Crippen molar-refractivity contribution >= 4 is 29.3 Å². The highest BCUT2D eigenvalue weighted by molar-refractivity contribution is 7.71. The van der Waals surface area contributed by atoms with E-state index in [0.29, 0.717) is 0 Å². The molecule has 1 saturated heterocycles. The van der Waals surface area contributed by atoms with E-state index in [9.17, 15) is 10.2 Å². The number of nitrogen functional groups attached to an aromatic ring is 1. The Balaban J connectivity index is 2.18. The number of nitrogens with two attached hydrogens (primary N) is 1. The molecule has 0 radical (unpaired) electrons. The second-order valence-corrected chi connectivity index (χ2v) is 5.71. The summed E-state index contributed by atoms with van der Waals surface area (Å²) in [5.41, 5.74) is 3.59. The summed E-state index contributed by atoms with van der Waals surface area (Å²) in [5.74, 6) is 1.93. The predicted octanol–water partition coefficient (Wildman–Crippen LogP) is 0.0517. The van der Waals surface area contributed by atoms with Crippen LogP contribution in [0.25, 0.3) is 11.2 Å². The Kier molecular flexibility index (Phi) is 3.61. The van der Waals surface area contributed by atoms with E-state index in [1.165, 1.54) is 17.8 Å². The van der Waals surface area contributed by atoms with Crippen molar-refractivity contribution in [1.29, 1.82) is 0 Å². The molecule has 5 N–H and O–H groups in total. The maximum atomic E-state index is 15.1. The highest BCUT2D eigenvalue weighted by atomic mass is 32.1. The van der Waals surface area contributed by atoms with Crippen molar-refractivity contribution in [1.82, 2.24) is 19.5 Å². The highest BCUT2D eigenvalue weighted by Gasteiger charge is 2.59. The van der Waals surface area contributed by atoms with Crippen LogP contribution in [0.3, 0.4) is 0 Å². The number of anilines is 1. The van der Waals surface area contributed by atoms with E-state index in [-0.39, 0.29) is 21.8 Å². The summed E-state index contributed by atoms with van der Waals surface area (Å²) in [6, 6.07) is 0. The molecule has 3 rings (SSSR count). The van der Waals surface area contributed by atoms with Crippen molar-refractivity contribution < 1.29 is 19.3 Å². The van der Waals surface area contributed by atoms with E-state index in [2.05, 4.69) is 15.0 Å². The summed E-state index contributed by atoms with van der Waals surface area (Å²) in [5, 5.41) is 19.8. The number of nitrogens with zero attached hydrogens (tertiary/aromatic N) is 3. The number of aliphatic hydroxyl groups excluding tert-OH is 2. The number of aromatic nitrogens is 4. The van der Waals surface area contributed by atoms with Crippen LogP contribution in [-0.2, 0) is 4.74 Å². The van der Waals surface area contributed by atoms with E-state index in [0.717, 1.165) is 0 Å². The third-order valence-electron chi connectivity index (χ3n) is 3.80. The molecular weight excluding hydrogens is 325 g/mol. The first-order chi connectivity index (χ1) is 10.8. The molecule has 2 aromatic heterocycles. The van der Waals surface area contributed by atoms with Crippen molar-refractivity contribution in [3.8, 4) is 12.3 Å². The van der Waals surface area contributed by atoms with Gasteiger partial charge in [0.05, 0.1) is 12.4 Å². The fraction of sp³-hybridized carbons (Fsp3) is 0.462. The number of hydrogen-bond acceptors (Lipinski definition) is 7. The predicted molar refractivity (Wildman–Crippen MR) is 81.4 cm³/mol. The largest absolute Gasteiger partial charge is 0.391 e. The lowest BCUT2D eigenvalue weighted by molar-refractivity contribution is -0.0776. The van der Waals surface area contributed by atoms with Gasteiger partial charge in [0.1, 0.15) is 23.4 Å². The molecule has 1 fully saturated rings. The van der Waals surface area contributed by atoms with E-state index in [1.807, 2.05) is 5.92 Å². The molecule has 10 heteroatoms. The Morgan fingerprint density at radius 2 is 2.39 bits per heavy atom. The van der Waals surface area contributed by atoms with Crippen LogP contribution < -0.4 is 5.73 Å². The van der Waals surface area contributed by atoms with Crippen molar-refractivity contribution in [3.05, 3.63) is 11.0 Å². The van der Waals surface area contributed by atoms with Crippen molar-refractivity contribution in [2.75, 3.05) is 5.73 Å². The standard InChI is InChI=1S/C13H14FN5O3S/c1-3-13(14)8(21)7(5(2)20)22-11(13)19-4-16-6-9(19)17-12(15)18-10(6)23/h1,4-5,7-8,11,20-21H,2H3,(H3,15,17,18,23)/t5-,7-,8?,11-,13?/m1/s1. The van der Waals surface area contributed by atoms with Crippen LogP contribution in [0.1, 0.15) is 13.2 Å². The zero-order chi connectivity index (χ0) is 16.9. The molecule has 0 aromatic carbocycles. The number of ether oxygens (including phenoxy) is 1. The van der Waals surface area contributed by atoms with Gasteiger partial charge in [-0.25, -0.2) is 14.4 Å². The number of halogens is 1. The number of H-pyrrole nitrogens is 1. The van der Waals surface area contributed by atoms with E-state index >= 15 is 4.39 Å². The average Bonchev–Trinajstić information content (AvgIpc) is 3.00. The first-order valence-electron chi connectivity index (χ1n) is 6.70. The van der Waals surface area contributed by atoms with Gasteiger partial charge in [-0.3, -0.25) is 4.57 Å². The number of hydrogen-bond donors (Lipinski definition) is 4. The first kappa shape index (κ1) is 15.8. The van der Waals surface area contributed by atoms with Gasteiger partial charge >= 0.3 is 0 Å². The average molecular weight is 339 g/mol. The van der Waals surface area contributed by atoms with Crippen LogP contribution in [0.15, 0.2) is 6.33 Å². The smallest absolute Gasteiger partial charge is 0.243 e. The third-order valence-corrected chi connectivity index (χ3v) is 4.09. The molecule has 0 amide bonds. The van der Waals surface area contributed by atoms with Gasteiger partial charge in [0, 0.05) is 0 Å². The number of rotatable bonds is 2. The molecule has 8 nitrogen and oxygen atoms in total. The van der Waals surface area contributed by atoms with Crippen LogP contribution in [0, 0.1) is 17.0 Å². The van der Waals surface area contributed by atoms with Crippen molar-refractivity contribution in [2.24, 2.45) is 0 Å². The molecule has 0 aliphatic carbocycles. The van der Waals surface area contributed by atoms with Gasteiger partial charge in [-0.05, 0) is 6.92 Å². The number of aromatic amines is 1. The molecule has 0 bridgehead atoms. The molecule has 3 heterocycles. The zero-order valence-electron chi connectivity index (χ0n) is 12.0. The molecule has 2 aromatic rings. The Morgan fingerprint density at radius 3 is 3.00 bits per heavy atom. The minimum atomic E-state index is -2.57. The number of alkyl halides is 1. The Bertz CT molecular complexity index is 859. The molecule has 0 saturated carbocycles. The first-order valence-corrected chi connectivity index (χ1v) is 7.11. The number of imidazole rings is 1. The SMILES string of the molecule is C#CC1(F)C(O)[C@@H]([C@@H](C)O)O[C@H]1n1cnc2c(=S)nc(N)[nH]c21. The Labute approximate surface area is 135 Å². The summed E-state index contributed by atoms with van der Waals surface area (Å²) in [6.07, 6.45) is 1.08. The van der Waals surface area contributed by atoms with Gasteiger partial charge in [-0.15, -0.1) is 6.42 Å². The summed E-state index contributed by atoms with van der Waals surface area (Å²) in [7, 11) is 0. The maximum Gasteiger partial charge on any atom is 0.243 e. The molecular formula is C13H14FN5O3S. The zero-order valence-corrected chi connectivity index (χ0v) is 12.8. The minimum Gasteiger partial charge on any atom is -0.391 e. The van der Waals surface area contributed by atoms with Gasteiger partial charge in [-0.1, -0.05) is 18.1 Å². The molecule has 122 valence electrons. The lowest BCUT2D eigenvalue weighted by Crippen LogP contribution is -2.43. The Hall–Kier alpha value is -2.06. The molecule has 23 heavy (non-hydrogen) atoms. The summed E-state index contributed by atoms with van der Waals surface area (Å²) in [6.45, 7) is 1.37. The maximum absolute atomic E-state index is 15.1. The monoisotopic (exact) mass is 339 g/mol. The molecule has 5 atom stereocenters. The molecule has 1 aliphatic rings. The van der Waals surface area contributed by atoms with Crippen LogP contribution in [-0.4, -0.2) is 53.7 Å². The fourth-order valence-corrected chi connectivity index (χ4v) is 2.89. The topological polar surface area (TPSA) is 122 Å². The third kappa shape index (κ3) is 2.21. The number of fused-ring (bicyclic) bond motifs is 1. The number of nitrogens with one attached hydrogen (secondary N) is 1. The van der Waals surface area contributed by atoms with Gasteiger partial charge in [0.15, 0.2) is 16.8 Å². The minimum absolute atomic E-state index is 0.0139. The summed E-state index contributed by atoms with van der Waals surface area (Å²) in [4.78, 5) is 10.6. The van der Waals surface area contributed by atoms with E-state index in [1.54, 1.807) is 0 Å². The lowest BCUT2D eigenvalue weighted by atomic mass is 9.95. The molecule has 2 unspecified atom stereocenters. The van der Waals surface area contributed by atoms with Crippen molar-refractivity contribution in [3.63, 3.8) is 0 Å². The quantitative estimate of drug-likeness (QED) is 0.450. The van der Waals surface area contributed by atoms with Gasteiger partial charge < -0.3 is 25.7 Å². The van der Waals surface area contributed by atoms with Crippen LogP contribution in [0.4, 0.5) is 10.3 Å². The normalized spacial score (nSPS) is 32.0. The fourth-order valence-electron chi connectivity index (χ4n) is 2.64. The van der Waals surface area contributed by atoms with Crippen LogP contribution >= 0.6 is 12.2 Å². The van der Waals surface area contributed by atoms with Gasteiger partial charge in [-0.2, -0.15) is 0 Å². The van der Waals surface area contributed by atoms with Crippen LogP contribution in [0.5, 0.6) is 0 Å². The van der Waals surface area contributed by atoms with Gasteiger partial charge in [0.2, 0.25) is 5.67 Å².